The van der Waals surface area contributed by atoms with Gasteiger partial charge < -0.3 is 13.9 Å². The van der Waals surface area contributed by atoms with Gasteiger partial charge in [-0.25, -0.2) is 0 Å². The van der Waals surface area contributed by atoms with Crippen LogP contribution in [0.15, 0.2) is 53.6 Å². The topological polar surface area (TPSA) is 53.2 Å². The molecule has 2 aromatic heterocycles. The van der Waals surface area contributed by atoms with E-state index in [9.17, 15) is 9.59 Å². The molecule has 0 saturated heterocycles. The summed E-state index contributed by atoms with van der Waals surface area (Å²) in [6.45, 7) is 3.33. The highest BCUT2D eigenvalue weighted by Crippen LogP contribution is 2.22. The fourth-order valence-electron chi connectivity index (χ4n) is 3.01. The van der Waals surface area contributed by atoms with Crippen LogP contribution in [-0.2, 0) is 29.2 Å². The molecule has 0 unspecified atom stereocenters. The first-order valence-electron chi connectivity index (χ1n) is 7.98. The van der Waals surface area contributed by atoms with Crippen molar-refractivity contribution in [1.82, 2.24) is 9.13 Å². The van der Waals surface area contributed by atoms with Crippen LogP contribution in [0.5, 0.6) is 0 Å². The largest absolute Gasteiger partial charge is 0.446 e. The third-order valence-electron chi connectivity index (χ3n) is 4.13. The third-order valence-corrected chi connectivity index (χ3v) is 4.13. The maximum Gasteiger partial charge on any atom is 0.294 e. The lowest BCUT2D eigenvalue weighted by Gasteiger charge is -2.06. The van der Waals surface area contributed by atoms with Crippen molar-refractivity contribution in [2.24, 2.45) is 0 Å². The summed E-state index contributed by atoms with van der Waals surface area (Å²) in [6, 6.07) is 11.5. The quantitative estimate of drug-likeness (QED) is 0.628. The van der Waals surface area contributed by atoms with Gasteiger partial charge in [-0.15, -0.1) is 0 Å². The summed E-state index contributed by atoms with van der Waals surface area (Å²) < 4.78 is 8.56. The minimum absolute atomic E-state index is 0.0300. The zero-order chi connectivity index (χ0) is 16.9. The van der Waals surface area contributed by atoms with E-state index in [4.69, 9.17) is 4.74 Å². The van der Waals surface area contributed by atoms with Crippen LogP contribution in [-0.4, -0.2) is 15.6 Å². The average Bonchev–Trinajstić information content (AvgIpc) is 2.94. The second kappa shape index (κ2) is 7.17. The van der Waals surface area contributed by atoms with Crippen molar-refractivity contribution in [3.63, 3.8) is 0 Å². The van der Waals surface area contributed by atoms with Gasteiger partial charge >= 0.3 is 0 Å². The van der Waals surface area contributed by atoms with E-state index in [2.05, 4.69) is 6.07 Å². The van der Waals surface area contributed by atoms with E-state index in [0.29, 0.717) is 13.0 Å². The van der Waals surface area contributed by atoms with Crippen molar-refractivity contribution < 1.29 is 9.53 Å². The number of hydrogen-bond donors (Lipinski definition) is 0. The predicted octanol–water partition coefficient (Wildman–Crippen LogP) is 2.87. The van der Waals surface area contributed by atoms with Crippen LogP contribution in [0.4, 0.5) is 0 Å². The van der Waals surface area contributed by atoms with E-state index in [1.807, 2.05) is 48.1 Å². The molecule has 24 heavy (non-hydrogen) atoms. The van der Waals surface area contributed by atoms with Gasteiger partial charge in [0.1, 0.15) is 0 Å². The van der Waals surface area contributed by atoms with Crippen molar-refractivity contribution in [3.8, 4) is 0 Å². The van der Waals surface area contributed by atoms with E-state index in [1.165, 1.54) is 5.56 Å². The number of carbonyl (C=O) groups is 1. The first-order valence-corrected chi connectivity index (χ1v) is 7.98. The number of rotatable bonds is 7. The number of ether oxygens (including phenoxy) is 1. The van der Waals surface area contributed by atoms with Crippen LogP contribution >= 0.6 is 0 Å². The van der Waals surface area contributed by atoms with Crippen LogP contribution in [0.2, 0.25) is 0 Å². The smallest absolute Gasteiger partial charge is 0.294 e. The summed E-state index contributed by atoms with van der Waals surface area (Å²) in [5.74, 6) is 0. The Morgan fingerprint density at radius 3 is 2.75 bits per heavy atom. The molecule has 3 aromatic rings. The Labute approximate surface area is 140 Å². The number of hydrogen-bond acceptors (Lipinski definition) is 3. The first-order chi connectivity index (χ1) is 11.7. The van der Waals surface area contributed by atoms with Crippen LogP contribution in [0.3, 0.4) is 0 Å². The normalized spacial score (nSPS) is 10.9. The van der Waals surface area contributed by atoms with E-state index >= 15 is 0 Å². The molecule has 5 heteroatoms. The van der Waals surface area contributed by atoms with Gasteiger partial charge in [-0.3, -0.25) is 9.59 Å². The molecule has 0 saturated carbocycles. The molecule has 0 aliphatic heterocycles. The fourth-order valence-corrected chi connectivity index (χ4v) is 3.01. The van der Waals surface area contributed by atoms with E-state index in [0.717, 1.165) is 29.3 Å². The van der Waals surface area contributed by atoms with E-state index in [1.54, 1.807) is 10.6 Å². The van der Waals surface area contributed by atoms with Gasteiger partial charge in [-0.2, -0.15) is 0 Å². The third kappa shape index (κ3) is 3.40. The van der Waals surface area contributed by atoms with Gasteiger partial charge in [0.15, 0.2) is 6.73 Å². The SMILES string of the molecule is Cc1ccc(=O)n(CCCc2cn(COC=O)c3ccccc23)c1. The Balaban J connectivity index is 1.76. The van der Waals surface area contributed by atoms with Crippen molar-refractivity contribution in [1.29, 1.82) is 0 Å². The molecule has 0 radical (unpaired) electrons. The number of pyridine rings is 1. The molecule has 0 fully saturated rings. The molecule has 1 aromatic carbocycles. The lowest BCUT2D eigenvalue weighted by molar-refractivity contribution is -0.131. The summed E-state index contributed by atoms with van der Waals surface area (Å²) >= 11 is 0. The first kappa shape index (κ1) is 16.1. The average molecular weight is 324 g/mol. The van der Waals surface area contributed by atoms with Gasteiger partial charge in [0.2, 0.25) is 0 Å². The summed E-state index contributed by atoms with van der Waals surface area (Å²) in [7, 11) is 0. The summed E-state index contributed by atoms with van der Waals surface area (Å²) in [5.41, 5.74) is 3.35. The number of nitrogens with zero attached hydrogens (tertiary/aromatic N) is 2. The van der Waals surface area contributed by atoms with Crippen LogP contribution in [0, 0.1) is 6.92 Å². The van der Waals surface area contributed by atoms with Crippen LogP contribution < -0.4 is 5.56 Å². The number of benzene rings is 1. The molecular weight excluding hydrogens is 304 g/mol. The maximum atomic E-state index is 11.9. The highest BCUT2D eigenvalue weighted by Gasteiger charge is 2.08. The van der Waals surface area contributed by atoms with Gasteiger partial charge in [0, 0.05) is 30.4 Å². The standard InChI is InChI=1S/C19H20N2O3/c1-15-8-9-19(23)20(11-15)10-4-5-16-12-21(13-24-14-22)18-7-3-2-6-17(16)18/h2-3,6-9,11-12,14H,4-5,10,13H2,1H3. The summed E-state index contributed by atoms with van der Waals surface area (Å²) in [5, 5.41) is 1.16. The highest BCUT2D eigenvalue weighted by atomic mass is 16.5. The maximum absolute atomic E-state index is 11.9. The molecule has 2 heterocycles. The Morgan fingerprint density at radius 1 is 1.08 bits per heavy atom. The Bertz CT molecular complexity index is 908. The molecule has 0 atom stereocenters. The van der Waals surface area contributed by atoms with Crippen molar-refractivity contribution in [2.45, 2.75) is 33.0 Å². The molecule has 124 valence electrons. The van der Waals surface area contributed by atoms with Crippen molar-refractivity contribution >= 4 is 17.4 Å². The Kier molecular flexibility index (Phi) is 4.79. The van der Waals surface area contributed by atoms with Crippen molar-refractivity contribution in [2.75, 3.05) is 0 Å². The van der Waals surface area contributed by atoms with Crippen molar-refractivity contribution in [3.05, 3.63) is 70.3 Å². The molecule has 0 aliphatic carbocycles. The Morgan fingerprint density at radius 2 is 1.92 bits per heavy atom. The summed E-state index contributed by atoms with van der Waals surface area (Å²) in [4.78, 5) is 22.3. The number of fused-ring (bicyclic) bond motifs is 1. The van der Waals surface area contributed by atoms with E-state index < -0.39 is 0 Å². The molecule has 0 N–H and O–H groups in total. The molecule has 0 bridgehead atoms. The number of aryl methyl sites for hydroxylation is 3. The molecule has 3 rings (SSSR count). The number of para-hydroxylation sites is 1. The van der Waals surface area contributed by atoms with Gasteiger partial charge in [0.25, 0.3) is 12.0 Å². The monoisotopic (exact) mass is 324 g/mol. The molecule has 0 amide bonds. The fraction of sp³-hybridized carbons (Fsp3) is 0.263. The zero-order valence-electron chi connectivity index (χ0n) is 13.6. The van der Waals surface area contributed by atoms with E-state index in [-0.39, 0.29) is 12.3 Å². The second-order valence-electron chi connectivity index (χ2n) is 5.87. The predicted molar refractivity (Wildman–Crippen MR) is 92.8 cm³/mol. The zero-order valence-corrected chi connectivity index (χ0v) is 13.6. The molecule has 5 nitrogen and oxygen atoms in total. The number of aromatic nitrogens is 2. The lowest BCUT2D eigenvalue weighted by atomic mass is 10.1. The molecule has 0 aliphatic rings. The van der Waals surface area contributed by atoms with Crippen LogP contribution in [0.1, 0.15) is 17.5 Å². The number of carbonyl (C=O) groups excluding carboxylic acids is 1. The van der Waals surface area contributed by atoms with Gasteiger partial charge in [-0.05, 0) is 37.0 Å². The minimum atomic E-state index is 0.0300. The lowest BCUT2D eigenvalue weighted by Crippen LogP contribution is -2.18. The molecular formula is C19H20N2O3. The Hall–Kier alpha value is -2.82. The second-order valence-corrected chi connectivity index (χ2v) is 5.87. The highest BCUT2D eigenvalue weighted by molar-refractivity contribution is 5.83. The summed E-state index contributed by atoms with van der Waals surface area (Å²) in [6.07, 6.45) is 5.64. The van der Waals surface area contributed by atoms with Crippen LogP contribution in [0.25, 0.3) is 10.9 Å². The van der Waals surface area contributed by atoms with Gasteiger partial charge in [0.05, 0.1) is 5.52 Å². The minimum Gasteiger partial charge on any atom is -0.446 e. The molecule has 0 spiro atoms. The van der Waals surface area contributed by atoms with Gasteiger partial charge in [-0.1, -0.05) is 24.3 Å².